The van der Waals surface area contributed by atoms with E-state index in [9.17, 15) is 4.79 Å². The number of hydrogen-bond donors (Lipinski definition) is 3. The minimum atomic E-state index is -0.213. The molecule has 1 aromatic heterocycles. The van der Waals surface area contributed by atoms with Crippen molar-refractivity contribution in [3.05, 3.63) is 36.2 Å². The zero-order valence-corrected chi connectivity index (χ0v) is 12.9. The average molecular weight is 315 g/mol. The van der Waals surface area contributed by atoms with E-state index in [1.165, 1.54) is 0 Å². The maximum atomic E-state index is 11.8. The first-order valence-corrected chi connectivity index (χ1v) is 7.91. The molecule has 1 atom stereocenters. The monoisotopic (exact) mass is 315 g/mol. The van der Waals surface area contributed by atoms with E-state index >= 15 is 0 Å². The Bertz CT molecular complexity index is 622. The molecule has 0 spiro atoms. The molecule has 2 aromatic rings. The number of nitrogens with one attached hydrogen (secondary N) is 3. The highest BCUT2D eigenvalue weighted by Gasteiger charge is 2.14. The number of nitrogens with zero attached hydrogens (tertiary/aromatic N) is 2. The van der Waals surface area contributed by atoms with Crippen LogP contribution in [-0.4, -0.2) is 35.8 Å². The molecule has 2 heterocycles. The number of aromatic nitrogens is 2. The summed E-state index contributed by atoms with van der Waals surface area (Å²) in [5, 5.41) is 12.9. The van der Waals surface area contributed by atoms with Crippen LogP contribution in [0.3, 0.4) is 0 Å². The second-order valence-corrected chi connectivity index (χ2v) is 5.65. The summed E-state index contributed by atoms with van der Waals surface area (Å²) >= 11 is 0. The molecule has 0 saturated carbocycles. The Morgan fingerprint density at radius 2 is 2.17 bits per heavy atom. The third-order valence-electron chi connectivity index (χ3n) is 3.85. The molecule has 0 unspecified atom stereocenters. The van der Waals surface area contributed by atoms with Crippen molar-refractivity contribution in [1.29, 1.82) is 0 Å². The van der Waals surface area contributed by atoms with Crippen LogP contribution in [0.25, 0.3) is 11.4 Å². The smallest absolute Gasteiger partial charge is 0.315 e. The molecule has 7 heteroatoms. The number of carbonyl (C=O) groups excluding carboxylic acids is 1. The Labute approximate surface area is 134 Å². The van der Waals surface area contributed by atoms with E-state index in [4.69, 9.17) is 4.52 Å². The number of urea groups is 1. The molecule has 1 aliphatic rings. The summed E-state index contributed by atoms with van der Waals surface area (Å²) in [7, 11) is 0. The van der Waals surface area contributed by atoms with Crippen LogP contribution in [0.5, 0.6) is 0 Å². The Morgan fingerprint density at radius 1 is 1.30 bits per heavy atom. The molecule has 3 N–H and O–H groups in total. The van der Waals surface area contributed by atoms with E-state index in [0.29, 0.717) is 24.2 Å². The van der Waals surface area contributed by atoms with Gasteiger partial charge in [0.15, 0.2) is 0 Å². The fourth-order valence-electron chi connectivity index (χ4n) is 2.58. The van der Waals surface area contributed by atoms with Gasteiger partial charge in [-0.15, -0.1) is 0 Å². The van der Waals surface area contributed by atoms with E-state index in [-0.39, 0.29) is 12.6 Å². The van der Waals surface area contributed by atoms with Gasteiger partial charge in [0.05, 0.1) is 6.54 Å². The van der Waals surface area contributed by atoms with Crippen molar-refractivity contribution in [2.45, 2.75) is 19.4 Å². The van der Waals surface area contributed by atoms with Crippen LogP contribution in [0, 0.1) is 5.92 Å². The van der Waals surface area contributed by atoms with Gasteiger partial charge in [0, 0.05) is 12.1 Å². The Morgan fingerprint density at radius 3 is 2.96 bits per heavy atom. The van der Waals surface area contributed by atoms with E-state index in [2.05, 4.69) is 26.1 Å². The molecule has 7 nitrogen and oxygen atoms in total. The molecule has 1 aromatic carbocycles. The molecule has 2 amide bonds. The van der Waals surface area contributed by atoms with Crippen molar-refractivity contribution in [1.82, 2.24) is 26.1 Å². The van der Waals surface area contributed by atoms with Gasteiger partial charge in [0.2, 0.25) is 11.7 Å². The third-order valence-corrected chi connectivity index (χ3v) is 3.85. The van der Waals surface area contributed by atoms with E-state index in [0.717, 1.165) is 31.5 Å². The van der Waals surface area contributed by atoms with Crippen LogP contribution < -0.4 is 16.0 Å². The fraction of sp³-hybridized carbons (Fsp3) is 0.438. The molecule has 23 heavy (non-hydrogen) atoms. The summed E-state index contributed by atoms with van der Waals surface area (Å²) in [5.41, 5.74) is 0.886. The van der Waals surface area contributed by atoms with Crippen LogP contribution in [-0.2, 0) is 6.54 Å². The lowest BCUT2D eigenvalue weighted by Crippen LogP contribution is -2.42. The summed E-state index contributed by atoms with van der Waals surface area (Å²) < 4.78 is 5.15. The largest absolute Gasteiger partial charge is 0.338 e. The molecule has 0 aliphatic carbocycles. The van der Waals surface area contributed by atoms with Crippen LogP contribution >= 0.6 is 0 Å². The number of hydrogen-bond acceptors (Lipinski definition) is 5. The first-order valence-electron chi connectivity index (χ1n) is 7.91. The topological polar surface area (TPSA) is 92.1 Å². The first-order chi connectivity index (χ1) is 11.3. The van der Waals surface area contributed by atoms with E-state index in [1.807, 2.05) is 30.3 Å². The SMILES string of the molecule is O=C(NCc1nc(-c2ccccc2)no1)NC[C@@H]1CCCNC1. The maximum Gasteiger partial charge on any atom is 0.315 e. The highest BCUT2D eigenvalue weighted by atomic mass is 16.5. The van der Waals surface area contributed by atoms with E-state index in [1.54, 1.807) is 0 Å². The first kappa shape index (κ1) is 15.5. The standard InChI is InChI=1S/C16H21N5O2/c22-16(18-10-12-5-4-8-17-9-12)19-11-14-20-15(21-23-14)13-6-2-1-3-7-13/h1-3,6-7,12,17H,4-5,8-11H2,(H2,18,19,22)/t12-/m1/s1. The second kappa shape index (κ2) is 7.73. The van der Waals surface area contributed by atoms with Crippen LogP contribution in [0.15, 0.2) is 34.9 Å². The van der Waals surface area contributed by atoms with Crippen molar-refractivity contribution >= 4 is 6.03 Å². The predicted octanol–water partition coefficient (Wildman–Crippen LogP) is 1.54. The number of piperidine rings is 1. The van der Waals surface area contributed by atoms with Gasteiger partial charge in [-0.25, -0.2) is 4.79 Å². The van der Waals surface area contributed by atoms with Crippen molar-refractivity contribution in [3.63, 3.8) is 0 Å². The minimum Gasteiger partial charge on any atom is -0.338 e. The fourth-order valence-corrected chi connectivity index (χ4v) is 2.58. The molecule has 3 rings (SSSR count). The second-order valence-electron chi connectivity index (χ2n) is 5.65. The van der Waals surface area contributed by atoms with Gasteiger partial charge >= 0.3 is 6.03 Å². The number of rotatable bonds is 5. The summed E-state index contributed by atoms with van der Waals surface area (Å²) in [6, 6.07) is 9.36. The van der Waals surface area contributed by atoms with Gasteiger partial charge < -0.3 is 20.5 Å². The third kappa shape index (κ3) is 4.53. The number of amides is 2. The van der Waals surface area contributed by atoms with Gasteiger partial charge in [-0.05, 0) is 31.8 Å². The van der Waals surface area contributed by atoms with Gasteiger partial charge in [-0.3, -0.25) is 0 Å². The van der Waals surface area contributed by atoms with Crippen LogP contribution in [0.1, 0.15) is 18.7 Å². The van der Waals surface area contributed by atoms with Gasteiger partial charge in [0.25, 0.3) is 0 Å². The lowest BCUT2D eigenvalue weighted by molar-refractivity contribution is 0.234. The summed E-state index contributed by atoms with van der Waals surface area (Å²) in [6.07, 6.45) is 2.32. The quantitative estimate of drug-likeness (QED) is 0.778. The van der Waals surface area contributed by atoms with Crippen molar-refractivity contribution in [3.8, 4) is 11.4 Å². The molecule has 0 bridgehead atoms. The number of benzene rings is 1. The molecular weight excluding hydrogens is 294 g/mol. The summed E-state index contributed by atoms with van der Waals surface area (Å²) in [6.45, 7) is 2.93. The van der Waals surface area contributed by atoms with Crippen molar-refractivity contribution in [2.24, 2.45) is 5.92 Å². The minimum absolute atomic E-state index is 0.213. The Hall–Kier alpha value is -2.41. The average Bonchev–Trinajstić information content (AvgIpc) is 3.09. The normalized spacial score (nSPS) is 17.7. The van der Waals surface area contributed by atoms with Crippen LogP contribution in [0.2, 0.25) is 0 Å². The molecule has 1 saturated heterocycles. The van der Waals surface area contributed by atoms with Gasteiger partial charge in [0.1, 0.15) is 0 Å². The molecule has 1 aliphatic heterocycles. The molecule has 122 valence electrons. The van der Waals surface area contributed by atoms with Crippen molar-refractivity contribution < 1.29 is 9.32 Å². The lowest BCUT2D eigenvalue weighted by Gasteiger charge is -2.22. The molecular formula is C16H21N5O2. The Kier molecular flexibility index (Phi) is 5.21. The lowest BCUT2D eigenvalue weighted by atomic mass is 10.00. The van der Waals surface area contributed by atoms with E-state index < -0.39 is 0 Å². The maximum absolute atomic E-state index is 11.8. The highest BCUT2D eigenvalue weighted by Crippen LogP contribution is 2.14. The molecule has 1 fully saturated rings. The van der Waals surface area contributed by atoms with Gasteiger partial charge in [-0.2, -0.15) is 4.98 Å². The molecule has 0 radical (unpaired) electrons. The zero-order chi connectivity index (χ0) is 15.9. The predicted molar refractivity (Wildman–Crippen MR) is 85.6 cm³/mol. The summed E-state index contributed by atoms with van der Waals surface area (Å²) in [5.74, 6) is 1.41. The van der Waals surface area contributed by atoms with Gasteiger partial charge in [-0.1, -0.05) is 35.5 Å². The Balaban J connectivity index is 1.43. The highest BCUT2D eigenvalue weighted by molar-refractivity contribution is 5.73. The zero-order valence-electron chi connectivity index (χ0n) is 12.9. The number of carbonyl (C=O) groups is 1. The van der Waals surface area contributed by atoms with Crippen molar-refractivity contribution in [2.75, 3.05) is 19.6 Å². The van der Waals surface area contributed by atoms with Crippen LogP contribution in [0.4, 0.5) is 4.79 Å². The summed E-state index contributed by atoms with van der Waals surface area (Å²) in [4.78, 5) is 16.1.